The van der Waals surface area contributed by atoms with E-state index in [4.69, 9.17) is 0 Å². The number of halogens is 1. The summed E-state index contributed by atoms with van der Waals surface area (Å²) in [6.45, 7) is 8.04. The Kier molecular flexibility index (Phi) is 6.40. The Morgan fingerprint density at radius 1 is 1.17 bits per heavy atom. The maximum absolute atomic E-state index is 13.6. The lowest BCUT2D eigenvalue weighted by Gasteiger charge is -2.19. The van der Waals surface area contributed by atoms with Crippen LogP contribution in [-0.2, 0) is 6.54 Å². The van der Waals surface area contributed by atoms with E-state index in [0.717, 1.165) is 12.8 Å². The smallest absolute Gasteiger partial charge is 0.226 e. The molecule has 2 aromatic heterocycles. The summed E-state index contributed by atoms with van der Waals surface area (Å²) in [6, 6.07) is 4.04. The van der Waals surface area contributed by atoms with E-state index >= 15 is 0 Å². The second-order valence-corrected chi connectivity index (χ2v) is 7.98. The minimum Gasteiger partial charge on any atom is -0.508 e. The van der Waals surface area contributed by atoms with Gasteiger partial charge in [-0.25, -0.2) is 9.37 Å². The quantitative estimate of drug-likeness (QED) is 0.420. The van der Waals surface area contributed by atoms with Crippen LogP contribution in [0.3, 0.4) is 0 Å². The minimum atomic E-state index is -0.936. The number of fused-ring (bicyclic) bond motifs is 1. The van der Waals surface area contributed by atoms with Crippen LogP contribution < -0.4 is 10.6 Å². The second kappa shape index (κ2) is 8.83. The average molecular weight is 417 g/mol. The van der Waals surface area contributed by atoms with Crippen molar-refractivity contribution in [3.8, 4) is 5.75 Å². The Balaban J connectivity index is 1.99. The summed E-state index contributed by atoms with van der Waals surface area (Å²) in [4.78, 5) is 13.6. The first-order valence-corrected chi connectivity index (χ1v) is 10.1. The Labute approximate surface area is 175 Å². The predicted molar refractivity (Wildman–Crippen MR) is 115 cm³/mol. The van der Waals surface area contributed by atoms with Crippen LogP contribution in [0.4, 0.5) is 16.2 Å². The number of rotatable bonds is 9. The minimum absolute atomic E-state index is 0.00265. The first kappa shape index (κ1) is 21.8. The Hall–Kier alpha value is -2.94. The first-order chi connectivity index (χ1) is 14.2. The number of aromatic nitrogens is 4. The fourth-order valence-electron chi connectivity index (χ4n) is 3.24. The van der Waals surface area contributed by atoms with Gasteiger partial charge in [0.05, 0.1) is 11.9 Å². The number of benzene rings is 1. The molecule has 0 aliphatic heterocycles. The molecule has 0 bridgehead atoms. The van der Waals surface area contributed by atoms with E-state index in [0.29, 0.717) is 28.5 Å². The number of anilines is 2. The van der Waals surface area contributed by atoms with Gasteiger partial charge in [-0.05, 0) is 44.9 Å². The fraction of sp³-hybridized carbons (Fsp3) is 0.476. The molecule has 0 aliphatic rings. The molecule has 2 heterocycles. The van der Waals surface area contributed by atoms with E-state index in [1.54, 1.807) is 20.2 Å². The average Bonchev–Trinajstić information content (AvgIpc) is 3.11. The van der Waals surface area contributed by atoms with Gasteiger partial charge in [-0.3, -0.25) is 0 Å². The highest BCUT2D eigenvalue weighted by Gasteiger charge is 2.19. The van der Waals surface area contributed by atoms with Crippen molar-refractivity contribution >= 4 is 22.9 Å². The molecule has 0 atom stereocenters. The Bertz CT molecular complexity index is 1010. The summed E-state index contributed by atoms with van der Waals surface area (Å²) < 4.78 is 15.6. The predicted octanol–water partition coefficient (Wildman–Crippen LogP) is 3.83. The third-order valence-corrected chi connectivity index (χ3v) is 4.92. The number of aromatic hydroxyl groups is 1. The molecular formula is C21H29FN6O2. The fourth-order valence-corrected chi connectivity index (χ4v) is 3.24. The monoisotopic (exact) mass is 416 g/mol. The van der Waals surface area contributed by atoms with Crippen molar-refractivity contribution in [1.29, 1.82) is 0 Å². The molecule has 1 aromatic carbocycles. The number of phenols is 1. The maximum Gasteiger partial charge on any atom is 0.226 e. The summed E-state index contributed by atoms with van der Waals surface area (Å²) >= 11 is 0. The summed E-state index contributed by atoms with van der Waals surface area (Å²) in [5, 5.41) is 26.2. The highest BCUT2D eigenvalue weighted by Crippen LogP contribution is 2.27. The molecule has 0 saturated heterocycles. The van der Waals surface area contributed by atoms with Crippen molar-refractivity contribution in [2.24, 2.45) is 0 Å². The Morgan fingerprint density at radius 3 is 2.57 bits per heavy atom. The van der Waals surface area contributed by atoms with Crippen molar-refractivity contribution in [3.63, 3.8) is 0 Å². The summed E-state index contributed by atoms with van der Waals surface area (Å²) in [6.07, 6.45) is 3.61. The molecule has 8 nitrogen and oxygen atoms in total. The maximum atomic E-state index is 13.6. The summed E-state index contributed by atoms with van der Waals surface area (Å²) in [5.41, 5.74) is 0.733. The Morgan fingerprint density at radius 2 is 1.90 bits per heavy atom. The normalized spacial score (nSPS) is 12.0. The molecule has 0 spiro atoms. The molecule has 3 rings (SSSR count). The topological polar surface area (TPSA) is 108 Å². The number of hydrogen-bond acceptors (Lipinski definition) is 7. The number of nitrogens with zero attached hydrogens (tertiary/aromatic N) is 4. The van der Waals surface area contributed by atoms with Gasteiger partial charge in [-0.2, -0.15) is 9.97 Å². The zero-order valence-electron chi connectivity index (χ0n) is 17.8. The summed E-state index contributed by atoms with van der Waals surface area (Å²) in [7, 11) is 0. The van der Waals surface area contributed by atoms with Crippen LogP contribution in [0.15, 0.2) is 24.5 Å². The van der Waals surface area contributed by atoms with Crippen LogP contribution in [0.2, 0.25) is 0 Å². The van der Waals surface area contributed by atoms with Crippen LogP contribution in [0.1, 0.15) is 52.1 Å². The standard InChI is InChI=1S/C21H29FN6O2/c1-5-15(6-2)28-12-25-17-18(23-10-13-9-14(22)7-8-16(13)29)26-20(27-19(17)28)24-11-21(3,4)30/h7-9,12,15,29-30H,5-6,10-11H2,1-4H3,(H2,23,24,26,27). The van der Waals surface area contributed by atoms with Gasteiger partial charge < -0.3 is 25.4 Å². The second-order valence-electron chi connectivity index (χ2n) is 7.98. The molecule has 0 aliphatic carbocycles. The number of imidazole rings is 1. The van der Waals surface area contributed by atoms with Crippen molar-refractivity contribution in [2.45, 2.75) is 58.7 Å². The number of nitrogens with one attached hydrogen (secondary N) is 2. The van der Waals surface area contributed by atoms with E-state index in [1.807, 2.05) is 4.57 Å². The molecular weight excluding hydrogens is 387 g/mol. The van der Waals surface area contributed by atoms with Gasteiger partial charge in [0.2, 0.25) is 5.95 Å². The zero-order chi connectivity index (χ0) is 21.9. The van der Waals surface area contributed by atoms with Crippen molar-refractivity contribution in [2.75, 3.05) is 17.2 Å². The van der Waals surface area contributed by atoms with E-state index in [2.05, 4.69) is 39.4 Å². The van der Waals surface area contributed by atoms with Gasteiger partial charge in [-0.1, -0.05) is 13.8 Å². The molecule has 30 heavy (non-hydrogen) atoms. The molecule has 9 heteroatoms. The van der Waals surface area contributed by atoms with Crippen LogP contribution in [-0.4, -0.2) is 41.9 Å². The van der Waals surface area contributed by atoms with Gasteiger partial charge in [0.15, 0.2) is 17.0 Å². The lowest BCUT2D eigenvalue weighted by atomic mass is 10.1. The van der Waals surface area contributed by atoms with Gasteiger partial charge >= 0.3 is 0 Å². The molecule has 0 saturated carbocycles. The van der Waals surface area contributed by atoms with Crippen molar-refractivity contribution < 1.29 is 14.6 Å². The lowest BCUT2D eigenvalue weighted by Crippen LogP contribution is -2.30. The zero-order valence-corrected chi connectivity index (χ0v) is 17.8. The molecule has 0 amide bonds. The SMILES string of the molecule is CCC(CC)n1cnc2c(NCc3cc(F)ccc3O)nc(NCC(C)(C)O)nc21. The van der Waals surface area contributed by atoms with E-state index in [-0.39, 0.29) is 24.9 Å². The van der Waals surface area contributed by atoms with E-state index < -0.39 is 11.4 Å². The third-order valence-electron chi connectivity index (χ3n) is 4.92. The van der Waals surface area contributed by atoms with Crippen LogP contribution in [0.25, 0.3) is 11.2 Å². The summed E-state index contributed by atoms with van der Waals surface area (Å²) in [5.74, 6) is 0.384. The van der Waals surface area contributed by atoms with Gasteiger partial charge in [0.1, 0.15) is 11.6 Å². The molecule has 4 N–H and O–H groups in total. The van der Waals surface area contributed by atoms with Crippen LogP contribution in [0.5, 0.6) is 5.75 Å². The van der Waals surface area contributed by atoms with Crippen LogP contribution >= 0.6 is 0 Å². The third kappa shape index (κ3) is 4.96. The van der Waals surface area contributed by atoms with E-state index in [1.165, 1.54) is 18.2 Å². The van der Waals surface area contributed by atoms with Crippen molar-refractivity contribution in [1.82, 2.24) is 19.5 Å². The molecule has 162 valence electrons. The number of hydrogen-bond donors (Lipinski definition) is 4. The van der Waals surface area contributed by atoms with Gasteiger partial charge in [-0.15, -0.1) is 0 Å². The lowest BCUT2D eigenvalue weighted by molar-refractivity contribution is 0.0943. The van der Waals surface area contributed by atoms with Gasteiger partial charge in [0.25, 0.3) is 0 Å². The number of aliphatic hydroxyl groups is 1. The molecule has 0 unspecified atom stereocenters. The molecule has 0 radical (unpaired) electrons. The number of phenolic OH excluding ortho intramolecular Hbond substituents is 1. The first-order valence-electron chi connectivity index (χ1n) is 10.1. The highest BCUT2D eigenvalue weighted by molar-refractivity contribution is 5.84. The van der Waals surface area contributed by atoms with Crippen LogP contribution in [0, 0.1) is 5.82 Å². The van der Waals surface area contributed by atoms with Gasteiger partial charge in [0, 0.05) is 24.7 Å². The molecule has 0 fully saturated rings. The highest BCUT2D eigenvalue weighted by atomic mass is 19.1. The molecule has 3 aromatic rings. The van der Waals surface area contributed by atoms with E-state index in [9.17, 15) is 14.6 Å². The van der Waals surface area contributed by atoms with Crippen molar-refractivity contribution in [3.05, 3.63) is 35.9 Å². The largest absolute Gasteiger partial charge is 0.508 e.